The summed E-state index contributed by atoms with van der Waals surface area (Å²) in [5, 5.41) is 11.1. The molecular weight excluding hydrogens is 429 g/mol. The maximum atomic E-state index is 14.0. The van der Waals surface area contributed by atoms with E-state index in [0.29, 0.717) is 31.9 Å². The number of carbonyl (C=O) groups is 2. The standard InChI is InChI=1S/C24H26FN3O5/c1-32-19-7-6-16(25)15-17(19)22(29)20-21(18-5-2-3-8-26-18)28(24(31)23(20)30)10-4-9-27-11-13-33-14-12-27/h2-3,5-8,15,21,29H,4,9-14H2,1H3/b22-20+/t21-/m0/s1. The summed E-state index contributed by atoms with van der Waals surface area (Å²) in [6, 6.07) is 7.91. The van der Waals surface area contributed by atoms with E-state index < -0.39 is 29.3 Å². The highest BCUT2D eigenvalue weighted by Crippen LogP contribution is 2.40. The number of Topliss-reactive ketones (excluding diaryl/α,β-unsaturated/α-hetero) is 1. The van der Waals surface area contributed by atoms with Crippen molar-refractivity contribution in [3.8, 4) is 5.75 Å². The van der Waals surface area contributed by atoms with Gasteiger partial charge < -0.3 is 19.5 Å². The van der Waals surface area contributed by atoms with Crippen molar-refractivity contribution in [3.05, 3.63) is 65.2 Å². The number of pyridine rings is 1. The number of aliphatic hydroxyl groups is 1. The van der Waals surface area contributed by atoms with Crippen LogP contribution < -0.4 is 4.74 Å². The molecule has 1 atom stereocenters. The number of nitrogens with zero attached hydrogens (tertiary/aromatic N) is 3. The molecule has 0 bridgehead atoms. The summed E-state index contributed by atoms with van der Waals surface area (Å²) < 4.78 is 24.6. The van der Waals surface area contributed by atoms with Crippen LogP contribution >= 0.6 is 0 Å². The van der Waals surface area contributed by atoms with E-state index in [0.717, 1.165) is 25.7 Å². The van der Waals surface area contributed by atoms with Crippen LogP contribution in [0.4, 0.5) is 4.39 Å². The second kappa shape index (κ2) is 10.1. The minimum atomic E-state index is -0.885. The van der Waals surface area contributed by atoms with Gasteiger partial charge in [-0.3, -0.25) is 19.5 Å². The average molecular weight is 455 g/mol. The minimum absolute atomic E-state index is 0.00440. The number of hydrogen-bond donors (Lipinski definition) is 1. The van der Waals surface area contributed by atoms with Crippen molar-refractivity contribution in [2.75, 3.05) is 46.5 Å². The number of benzene rings is 1. The summed E-state index contributed by atoms with van der Waals surface area (Å²) in [5.74, 6) is -2.46. The Balaban J connectivity index is 1.70. The molecule has 2 aliphatic rings. The molecule has 2 saturated heterocycles. The highest BCUT2D eigenvalue weighted by molar-refractivity contribution is 6.46. The van der Waals surface area contributed by atoms with Crippen LogP contribution in [0.25, 0.3) is 5.76 Å². The number of ether oxygens (including phenoxy) is 2. The molecule has 0 saturated carbocycles. The first-order valence-electron chi connectivity index (χ1n) is 10.8. The maximum absolute atomic E-state index is 14.0. The van der Waals surface area contributed by atoms with Gasteiger partial charge in [0.25, 0.3) is 11.7 Å². The second-order valence-electron chi connectivity index (χ2n) is 7.90. The van der Waals surface area contributed by atoms with E-state index in [9.17, 15) is 19.1 Å². The fourth-order valence-corrected chi connectivity index (χ4v) is 4.26. The topological polar surface area (TPSA) is 92.2 Å². The average Bonchev–Trinajstić information content (AvgIpc) is 3.10. The molecular formula is C24H26FN3O5. The lowest BCUT2D eigenvalue weighted by Gasteiger charge is -2.29. The highest BCUT2D eigenvalue weighted by Gasteiger charge is 2.46. The van der Waals surface area contributed by atoms with E-state index in [2.05, 4.69) is 9.88 Å². The van der Waals surface area contributed by atoms with Crippen molar-refractivity contribution < 1.29 is 28.6 Å². The van der Waals surface area contributed by atoms with Crippen LogP contribution in [0.15, 0.2) is 48.2 Å². The van der Waals surface area contributed by atoms with Crippen LogP contribution in [-0.2, 0) is 14.3 Å². The zero-order chi connectivity index (χ0) is 23.4. The maximum Gasteiger partial charge on any atom is 0.295 e. The fourth-order valence-electron chi connectivity index (χ4n) is 4.26. The third-order valence-electron chi connectivity index (χ3n) is 5.90. The van der Waals surface area contributed by atoms with Crippen LogP contribution in [0.3, 0.4) is 0 Å². The Hall–Kier alpha value is -3.30. The summed E-state index contributed by atoms with van der Waals surface area (Å²) in [7, 11) is 1.38. The number of hydrogen-bond acceptors (Lipinski definition) is 7. The van der Waals surface area contributed by atoms with Crippen LogP contribution in [0, 0.1) is 5.82 Å². The lowest BCUT2D eigenvalue weighted by molar-refractivity contribution is -0.140. The van der Waals surface area contributed by atoms with E-state index in [1.165, 1.54) is 24.1 Å². The molecule has 1 N–H and O–H groups in total. The summed E-state index contributed by atoms with van der Waals surface area (Å²) in [5.41, 5.74) is 0.318. The van der Waals surface area contributed by atoms with Crippen molar-refractivity contribution in [2.45, 2.75) is 12.5 Å². The largest absolute Gasteiger partial charge is 0.507 e. The number of amides is 1. The van der Waals surface area contributed by atoms with E-state index in [1.54, 1.807) is 24.4 Å². The predicted octanol–water partition coefficient (Wildman–Crippen LogP) is 2.37. The first kappa shape index (κ1) is 22.9. The van der Waals surface area contributed by atoms with E-state index in [4.69, 9.17) is 9.47 Å². The molecule has 2 aromatic rings. The third-order valence-corrected chi connectivity index (χ3v) is 5.90. The van der Waals surface area contributed by atoms with Crippen molar-refractivity contribution in [1.29, 1.82) is 0 Å². The Morgan fingerprint density at radius 3 is 2.70 bits per heavy atom. The molecule has 1 amide bonds. The molecule has 2 aliphatic heterocycles. The molecule has 2 fully saturated rings. The molecule has 8 nitrogen and oxygen atoms in total. The number of carbonyl (C=O) groups excluding carboxylic acids is 2. The van der Waals surface area contributed by atoms with Crippen molar-refractivity contribution in [1.82, 2.24) is 14.8 Å². The fraction of sp³-hybridized carbons (Fsp3) is 0.375. The Labute approximate surface area is 191 Å². The van der Waals surface area contributed by atoms with Crippen LogP contribution in [0.2, 0.25) is 0 Å². The number of aromatic nitrogens is 1. The number of ketones is 1. The van der Waals surface area contributed by atoms with E-state index >= 15 is 0 Å². The zero-order valence-electron chi connectivity index (χ0n) is 18.4. The van der Waals surface area contributed by atoms with E-state index in [1.807, 2.05) is 0 Å². The summed E-state index contributed by atoms with van der Waals surface area (Å²) >= 11 is 0. The van der Waals surface area contributed by atoms with E-state index in [-0.39, 0.29) is 16.9 Å². The number of methoxy groups -OCH3 is 1. The lowest BCUT2D eigenvalue weighted by atomic mass is 9.97. The number of aliphatic hydroxyl groups excluding tert-OH is 1. The summed E-state index contributed by atoms with van der Waals surface area (Å²) in [4.78, 5) is 34.1. The number of likely N-dealkylation sites (tertiary alicyclic amines) is 1. The molecule has 3 heterocycles. The van der Waals surface area contributed by atoms with Gasteiger partial charge >= 0.3 is 0 Å². The molecule has 0 radical (unpaired) electrons. The van der Waals surface area contributed by atoms with Gasteiger partial charge in [-0.15, -0.1) is 0 Å². The van der Waals surface area contributed by atoms with Crippen LogP contribution in [-0.4, -0.2) is 78.1 Å². The van der Waals surface area contributed by atoms with Gasteiger partial charge in [0.1, 0.15) is 23.4 Å². The Bertz CT molecular complexity index is 1050. The molecule has 0 unspecified atom stereocenters. The third kappa shape index (κ3) is 4.74. The Kier molecular flexibility index (Phi) is 7.00. The van der Waals surface area contributed by atoms with Gasteiger partial charge in [-0.1, -0.05) is 6.07 Å². The Morgan fingerprint density at radius 2 is 2.00 bits per heavy atom. The number of halogens is 1. The molecule has 9 heteroatoms. The smallest absolute Gasteiger partial charge is 0.295 e. The molecule has 4 rings (SSSR count). The van der Waals surface area contributed by atoms with Gasteiger partial charge in [-0.2, -0.15) is 0 Å². The molecule has 174 valence electrons. The molecule has 33 heavy (non-hydrogen) atoms. The monoisotopic (exact) mass is 455 g/mol. The summed E-state index contributed by atoms with van der Waals surface area (Å²) in [6.07, 6.45) is 2.20. The SMILES string of the molecule is COc1ccc(F)cc1/C(O)=C1\C(=O)C(=O)N(CCCN2CCOCC2)[C@H]1c1ccccn1. The first-order valence-corrected chi connectivity index (χ1v) is 10.8. The summed E-state index contributed by atoms with van der Waals surface area (Å²) in [6.45, 7) is 4.05. The number of morpholine rings is 1. The van der Waals surface area contributed by atoms with Gasteiger partial charge in [0.2, 0.25) is 0 Å². The normalized spacial score (nSPS) is 20.9. The Morgan fingerprint density at radius 1 is 1.21 bits per heavy atom. The first-order chi connectivity index (χ1) is 16.0. The molecule has 0 spiro atoms. The lowest BCUT2D eigenvalue weighted by Crippen LogP contribution is -2.39. The second-order valence-corrected chi connectivity index (χ2v) is 7.90. The van der Waals surface area contributed by atoms with Crippen molar-refractivity contribution in [3.63, 3.8) is 0 Å². The van der Waals surface area contributed by atoms with Gasteiger partial charge in [0.15, 0.2) is 0 Å². The van der Waals surface area contributed by atoms with Crippen LogP contribution in [0.1, 0.15) is 23.7 Å². The molecule has 1 aromatic heterocycles. The quantitative estimate of drug-likeness (QED) is 0.389. The minimum Gasteiger partial charge on any atom is -0.507 e. The van der Waals surface area contributed by atoms with Crippen LogP contribution in [0.5, 0.6) is 5.75 Å². The van der Waals surface area contributed by atoms with Crippen molar-refractivity contribution >= 4 is 17.4 Å². The van der Waals surface area contributed by atoms with Gasteiger partial charge in [0.05, 0.1) is 37.2 Å². The predicted molar refractivity (Wildman–Crippen MR) is 118 cm³/mol. The van der Waals surface area contributed by atoms with Gasteiger partial charge in [-0.25, -0.2) is 4.39 Å². The van der Waals surface area contributed by atoms with Gasteiger partial charge in [0, 0.05) is 32.4 Å². The zero-order valence-corrected chi connectivity index (χ0v) is 18.4. The van der Waals surface area contributed by atoms with Gasteiger partial charge in [-0.05, 0) is 36.8 Å². The molecule has 0 aliphatic carbocycles. The molecule has 1 aromatic carbocycles. The van der Waals surface area contributed by atoms with Crippen molar-refractivity contribution in [2.24, 2.45) is 0 Å². The highest BCUT2D eigenvalue weighted by atomic mass is 19.1. The number of rotatable bonds is 7.